The van der Waals surface area contributed by atoms with E-state index in [0.29, 0.717) is 0 Å². The molecule has 0 aliphatic heterocycles. The fourth-order valence-electron chi connectivity index (χ4n) is 2.24. The Morgan fingerprint density at radius 3 is 2.25 bits per heavy atom. The molecule has 3 unspecified atom stereocenters. The monoisotopic (exact) mass is 127 g/mol. The van der Waals surface area contributed by atoms with Gasteiger partial charge in [-0.05, 0) is 36.8 Å². The maximum Gasteiger partial charge on any atom is -0.0169 e. The van der Waals surface area contributed by atoms with Gasteiger partial charge >= 0.3 is 0 Å². The van der Waals surface area contributed by atoms with Crippen LogP contribution in [0.4, 0.5) is 0 Å². The molecule has 0 amide bonds. The maximum atomic E-state index is 3.74. The number of hydrogen-bond donors (Lipinski definition) is 0. The molecule has 45 valence electrons. The molecule has 0 spiro atoms. The number of rotatable bonds is 0. The van der Waals surface area contributed by atoms with Crippen LogP contribution in [-0.4, -0.2) is 5.66 Å². The summed E-state index contributed by atoms with van der Waals surface area (Å²) in [6.45, 7) is 0. The first kappa shape index (κ1) is 5.23. The van der Waals surface area contributed by atoms with Gasteiger partial charge < -0.3 is 0 Å². The van der Waals surface area contributed by atoms with Crippen molar-refractivity contribution in [2.45, 2.75) is 31.3 Å². The largest absolute Gasteiger partial charge is 0.0955 e. The van der Waals surface area contributed by atoms with E-state index in [1.165, 1.54) is 25.7 Å². The quantitative estimate of drug-likeness (QED) is 0.438. The molecule has 0 saturated heterocycles. The van der Waals surface area contributed by atoms with Gasteiger partial charge in [0, 0.05) is 0 Å². The van der Waals surface area contributed by atoms with Gasteiger partial charge in [0.15, 0.2) is 0 Å². The summed E-state index contributed by atoms with van der Waals surface area (Å²) in [4.78, 5) is 0. The van der Waals surface area contributed by atoms with Crippen LogP contribution in [0.1, 0.15) is 25.7 Å². The van der Waals surface area contributed by atoms with E-state index < -0.39 is 0 Å². The van der Waals surface area contributed by atoms with Crippen LogP contribution in [0.25, 0.3) is 0 Å². The summed E-state index contributed by atoms with van der Waals surface area (Å²) in [7, 11) is 3.74. The molecular weight excluding hydrogens is 115 g/mol. The molecule has 0 aromatic rings. The van der Waals surface area contributed by atoms with E-state index in [0.717, 1.165) is 17.5 Å². The molecule has 0 aromatic heterocycles. The van der Waals surface area contributed by atoms with Gasteiger partial charge in [0.1, 0.15) is 0 Å². The summed E-state index contributed by atoms with van der Waals surface area (Å²) in [6.07, 6.45) is 6.00. The van der Waals surface area contributed by atoms with Gasteiger partial charge in [-0.1, -0.05) is 15.7 Å². The van der Waals surface area contributed by atoms with E-state index >= 15 is 0 Å². The molecule has 2 bridgehead atoms. The van der Waals surface area contributed by atoms with Crippen molar-refractivity contribution in [3.8, 4) is 0 Å². The Kier molecular flexibility index (Phi) is 1.11. The van der Waals surface area contributed by atoms with Crippen LogP contribution in [0.5, 0.6) is 0 Å². The highest BCUT2D eigenvalue weighted by Gasteiger charge is 2.36. The smallest absolute Gasteiger partial charge is 0.0169 e. The van der Waals surface area contributed by atoms with Crippen molar-refractivity contribution >= 4 is 9.24 Å². The van der Waals surface area contributed by atoms with Gasteiger partial charge in [-0.3, -0.25) is 0 Å². The third kappa shape index (κ3) is 0.624. The molecule has 1 heteroatoms. The van der Waals surface area contributed by atoms with Crippen LogP contribution in [0, 0.1) is 11.8 Å². The number of fused-ring (bicyclic) bond motifs is 2. The highest BCUT2D eigenvalue weighted by atomic mass is 31.0. The van der Waals surface area contributed by atoms with E-state index in [1.807, 2.05) is 0 Å². The van der Waals surface area contributed by atoms with Crippen molar-refractivity contribution in [1.82, 2.24) is 0 Å². The molecule has 8 heavy (non-hydrogen) atoms. The zero-order chi connectivity index (χ0) is 5.56. The molecule has 0 aromatic carbocycles. The fourth-order valence-corrected chi connectivity index (χ4v) is 2.88. The molecule has 2 aliphatic rings. The second-order valence-corrected chi connectivity index (χ2v) is 4.02. The topological polar surface area (TPSA) is 0 Å². The minimum Gasteiger partial charge on any atom is -0.0955 e. The first-order valence-corrected chi connectivity index (χ1v) is 4.15. The van der Waals surface area contributed by atoms with Crippen molar-refractivity contribution in [1.29, 1.82) is 0 Å². The van der Waals surface area contributed by atoms with E-state index in [4.69, 9.17) is 0 Å². The Morgan fingerprint density at radius 2 is 2.00 bits per heavy atom. The predicted molar refractivity (Wildman–Crippen MR) is 37.6 cm³/mol. The summed E-state index contributed by atoms with van der Waals surface area (Å²) < 4.78 is 0. The molecule has 2 saturated carbocycles. The standard InChI is InChI=1S/C7H12P/c8-7-4-5-1-2-6(7)3-5/h5-8H,1-4H2. The summed E-state index contributed by atoms with van der Waals surface area (Å²) in [5, 5.41) is 0. The Bertz CT molecular complexity index is 98.6. The Hall–Kier alpha value is 0.430. The normalized spacial score (nSPS) is 52.9. The molecule has 1 radical (unpaired) electrons. The van der Waals surface area contributed by atoms with Crippen LogP contribution in [0.2, 0.25) is 0 Å². The molecule has 2 fully saturated rings. The lowest BCUT2D eigenvalue weighted by atomic mass is 10.0. The lowest BCUT2D eigenvalue weighted by Crippen LogP contribution is -2.07. The molecule has 3 atom stereocenters. The molecule has 0 heterocycles. The van der Waals surface area contributed by atoms with E-state index in [-0.39, 0.29) is 0 Å². The van der Waals surface area contributed by atoms with Gasteiger partial charge in [0.25, 0.3) is 0 Å². The number of hydrogen-bond acceptors (Lipinski definition) is 0. The third-order valence-electron chi connectivity index (χ3n) is 2.74. The zero-order valence-electron chi connectivity index (χ0n) is 5.06. The van der Waals surface area contributed by atoms with Crippen LogP contribution in [0.3, 0.4) is 0 Å². The molecular formula is C7H12P. The van der Waals surface area contributed by atoms with Gasteiger partial charge in [-0.25, -0.2) is 0 Å². The van der Waals surface area contributed by atoms with Crippen molar-refractivity contribution in [3.05, 3.63) is 0 Å². The first-order valence-electron chi connectivity index (χ1n) is 3.57. The van der Waals surface area contributed by atoms with Crippen LogP contribution in [-0.2, 0) is 0 Å². The van der Waals surface area contributed by atoms with Crippen LogP contribution in [0.15, 0.2) is 0 Å². The molecule has 2 rings (SSSR count). The minimum absolute atomic E-state index is 0.883. The second kappa shape index (κ2) is 1.70. The van der Waals surface area contributed by atoms with Crippen LogP contribution >= 0.6 is 9.24 Å². The Balaban J connectivity index is 2.11. The zero-order valence-corrected chi connectivity index (χ0v) is 6.06. The Morgan fingerprint density at radius 1 is 1.12 bits per heavy atom. The molecule has 0 N–H and O–H groups in total. The highest BCUT2D eigenvalue weighted by Crippen LogP contribution is 2.47. The average molecular weight is 127 g/mol. The van der Waals surface area contributed by atoms with Crippen molar-refractivity contribution in [2.24, 2.45) is 11.8 Å². The van der Waals surface area contributed by atoms with Crippen molar-refractivity contribution < 1.29 is 0 Å². The predicted octanol–water partition coefficient (Wildman–Crippen LogP) is 2.32. The molecule has 0 nitrogen and oxygen atoms in total. The average Bonchev–Trinajstić information content (AvgIpc) is 2.23. The van der Waals surface area contributed by atoms with Gasteiger partial charge in [-0.2, -0.15) is 0 Å². The molecule has 2 aliphatic carbocycles. The van der Waals surface area contributed by atoms with Crippen molar-refractivity contribution in [2.75, 3.05) is 0 Å². The van der Waals surface area contributed by atoms with Gasteiger partial charge in [0.05, 0.1) is 0 Å². The lowest BCUT2D eigenvalue weighted by Gasteiger charge is -2.14. The highest BCUT2D eigenvalue weighted by molar-refractivity contribution is 7.17. The van der Waals surface area contributed by atoms with Gasteiger partial charge in [0.2, 0.25) is 0 Å². The minimum atomic E-state index is 0.883. The third-order valence-corrected chi connectivity index (χ3v) is 3.45. The van der Waals surface area contributed by atoms with Gasteiger partial charge in [-0.15, -0.1) is 0 Å². The summed E-state index contributed by atoms with van der Waals surface area (Å²) in [6, 6.07) is 0. The van der Waals surface area contributed by atoms with Crippen molar-refractivity contribution in [3.63, 3.8) is 0 Å². The van der Waals surface area contributed by atoms with Crippen LogP contribution < -0.4 is 0 Å². The fraction of sp³-hybridized carbons (Fsp3) is 1.00. The van der Waals surface area contributed by atoms with E-state index in [1.54, 1.807) is 0 Å². The SMILES string of the molecule is [PH]C1CC2CCC1C2. The van der Waals surface area contributed by atoms with E-state index in [2.05, 4.69) is 9.24 Å². The summed E-state index contributed by atoms with van der Waals surface area (Å²) in [5.41, 5.74) is 0.883. The second-order valence-electron chi connectivity index (χ2n) is 3.28. The summed E-state index contributed by atoms with van der Waals surface area (Å²) >= 11 is 0. The van der Waals surface area contributed by atoms with E-state index in [9.17, 15) is 0 Å². The summed E-state index contributed by atoms with van der Waals surface area (Å²) in [5.74, 6) is 2.15. The first-order chi connectivity index (χ1) is 3.86. The Labute approximate surface area is 53.2 Å². The maximum absolute atomic E-state index is 3.74. The lowest BCUT2D eigenvalue weighted by molar-refractivity contribution is 0.492.